The van der Waals surface area contributed by atoms with Crippen LogP contribution in [0.5, 0.6) is 17.2 Å². The molecule has 1 N–H and O–H groups in total. The van der Waals surface area contributed by atoms with Gasteiger partial charge in [0.1, 0.15) is 5.75 Å². The van der Waals surface area contributed by atoms with Crippen molar-refractivity contribution >= 4 is 5.91 Å². The first-order chi connectivity index (χ1) is 14.2. The molecular weight excluding hydrogens is 401 g/mol. The number of hydrogen-bond donors (Lipinski definition) is 1. The van der Waals surface area contributed by atoms with Crippen molar-refractivity contribution in [1.82, 2.24) is 10.2 Å². The molecule has 0 aliphatic carbocycles. The monoisotopic (exact) mass is 426 g/mol. The van der Waals surface area contributed by atoms with Crippen molar-refractivity contribution in [2.24, 2.45) is 0 Å². The Morgan fingerprint density at radius 2 is 1.53 bits per heavy atom. The molecule has 1 amide bonds. The third kappa shape index (κ3) is 6.28. The molecule has 2 aromatic carbocycles. The van der Waals surface area contributed by atoms with Crippen LogP contribution in [0, 0.1) is 0 Å². The summed E-state index contributed by atoms with van der Waals surface area (Å²) in [4.78, 5) is 14.0. The van der Waals surface area contributed by atoms with Crippen LogP contribution in [0.3, 0.4) is 0 Å². The maximum atomic E-state index is 12.6. The molecule has 0 radical (unpaired) electrons. The van der Waals surface area contributed by atoms with Crippen LogP contribution in [-0.4, -0.2) is 45.7 Å². The number of alkyl halides is 3. The predicted molar refractivity (Wildman–Crippen MR) is 106 cm³/mol. The maximum absolute atomic E-state index is 12.6. The number of methoxy groups -OCH3 is 3. The van der Waals surface area contributed by atoms with Crippen molar-refractivity contribution in [3.63, 3.8) is 0 Å². The lowest BCUT2D eigenvalue weighted by Gasteiger charge is -2.18. The number of benzene rings is 2. The summed E-state index contributed by atoms with van der Waals surface area (Å²) < 4.78 is 53.7. The molecular formula is C21H25F3N2O4. The van der Waals surface area contributed by atoms with Crippen LogP contribution in [0.15, 0.2) is 36.4 Å². The van der Waals surface area contributed by atoms with Gasteiger partial charge in [0.2, 0.25) is 5.91 Å². The molecule has 164 valence electrons. The van der Waals surface area contributed by atoms with Crippen molar-refractivity contribution in [2.75, 3.05) is 34.9 Å². The molecule has 30 heavy (non-hydrogen) atoms. The number of nitrogens with one attached hydrogen (secondary N) is 1. The molecule has 0 aliphatic rings. The molecule has 6 nitrogen and oxygen atoms in total. The van der Waals surface area contributed by atoms with Crippen LogP contribution in [0.4, 0.5) is 13.2 Å². The molecule has 0 fully saturated rings. The number of ether oxygens (including phenoxy) is 3. The van der Waals surface area contributed by atoms with Crippen LogP contribution in [0.1, 0.15) is 16.7 Å². The van der Waals surface area contributed by atoms with E-state index in [1.807, 2.05) is 0 Å². The Labute approximate surface area is 173 Å². The Morgan fingerprint density at radius 3 is 2.07 bits per heavy atom. The first-order valence-electron chi connectivity index (χ1n) is 9.08. The van der Waals surface area contributed by atoms with Gasteiger partial charge in [-0.2, -0.15) is 13.2 Å². The minimum absolute atomic E-state index is 0.0800. The van der Waals surface area contributed by atoms with Gasteiger partial charge >= 0.3 is 6.18 Å². The van der Waals surface area contributed by atoms with Gasteiger partial charge in [0, 0.05) is 24.7 Å². The predicted octanol–water partition coefficient (Wildman–Crippen LogP) is 3.48. The lowest BCUT2D eigenvalue weighted by molar-refractivity contribution is -0.137. The van der Waals surface area contributed by atoms with Crippen molar-refractivity contribution in [1.29, 1.82) is 0 Å². The molecule has 0 atom stereocenters. The molecule has 0 spiro atoms. The molecule has 0 bridgehead atoms. The molecule has 0 aromatic heterocycles. The largest absolute Gasteiger partial charge is 0.496 e. The van der Waals surface area contributed by atoms with Crippen LogP contribution in [0.25, 0.3) is 0 Å². The summed E-state index contributed by atoms with van der Waals surface area (Å²) in [6.07, 6.45) is -4.37. The number of carbonyl (C=O) groups excluding carboxylic acids is 1. The third-order valence-electron chi connectivity index (χ3n) is 4.41. The summed E-state index contributed by atoms with van der Waals surface area (Å²) in [5.74, 6) is 1.34. The van der Waals surface area contributed by atoms with Crippen LogP contribution in [0.2, 0.25) is 0 Å². The number of rotatable bonds is 9. The smallest absolute Gasteiger partial charge is 0.416 e. The summed E-state index contributed by atoms with van der Waals surface area (Å²) in [5, 5.41) is 2.80. The van der Waals surface area contributed by atoms with Gasteiger partial charge in [0.25, 0.3) is 0 Å². The normalized spacial score (nSPS) is 11.3. The van der Waals surface area contributed by atoms with Crippen molar-refractivity contribution < 1.29 is 32.2 Å². The van der Waals surface area contributed by atoms with E-state index in [9.17, 15) is 18.0 Å². The number of halogens is 3. The van der Waals surface area contributed by atoms with Crippen LogP contribution in [-0.2, 0) is 24.1 Å². The molecule has 2 rings (SSSR count). The zero-order valence-corrected chi connectivity index (χ0v) is 17.3. The van der Waals surface area contributed by atoms with E-state index >= 15 is 0 Å². The van der Waals surface area contributed by atoms with Gasteiger partial charge < -0.3 is 19.5 Å². The average molecular weight is 426 g/mol. The topological polar surface area (TPSA) is 60.0 Å². The second-order valence-corrected chi connectivity index (χ2v) is 6.66. The molecule has 0 saturated heterocycles. The highest BCUT2D eigenvalue weighted by Gasteiger charge is 2.29. The van der Waals surface area contributed by atoms with Gasteiger partial charge in [-0.3, -0.25) is 9.69 Å². The Balaban J connectivity index is 1.93. The second kappa shape index (κ2) is 10.2. The highest BCUT2D eigenvalue weighted by molar-refractivity contribution is 5.78. The van der Waals surface area contributed by atoms with E-state index in [2.05, 4.69) is 5.32 Å². The van der Waals surface area contributed by atoms with Crippen molar-refractivity contribution in [2.45, 2.75) is 19.3 Å². The molecule has 0 unspecified atom stereocenters. The summed E-state index contributed by atoms with van der Waals surface area (Å²) in [6, 6.07) is 8.29. The quantitative estimate of drug-likeness (QED) is 0.665. The van der Waals surface area contributed by atoms with E-state index < -0.39 is 11.7 Å². The van der Waals surface area contributed by atoms with Gasteiger partial charge in [0.15, 0.2) is 11.5 Å². The number of likely N-dealkylation sites (N-methyl/N-ethyl adjacent to an activating group) is 1. The molecule has 2 aromatic rings. The van der Waals surface area contributed by atoms with Crippen LogP contribution >= 0.6 is 0 Å². The van der Waals surface area contributed by atoms with E-state index in [-0.39, 0.29) is 19.0 Å². The Morgan fingerprint density at radius 1 is 0.967 bits per heavy atom. The van der Waals surface area contributed by atoms with E-state index in [4.69, 9.17) is 14.2 Å². The average Bonchev–Trinajstić information content (AvgIpc) is 2.71. The molecule has 0 aliphatic heterocycles. The van der Waals surface area contributed by atoms with E-state index in [1.165, 1.54) is 33.5 Å². The lowest BCUT2D eigenvalue weighted by atomic mass is 10.1. The Bertz CT molecular complexity index is 855. The maximum Gasteiger partial charge on any atom is 0.416 e. The summed E-state index contributed by atoms with van der Waals surface area (Å²) in [7, 11) is 6.27. The third-order valence-corrected chi connectivity index (χ3v) is 4.41. The fourth-order valence-electron chi connectivity index (χ4n) is 2.89. The minimum atomic E-state index is -4.37. The van der Waals surface area contributed by atoms with Crippen LogP contribution < -0.4 is 19.5 Å². The number of hydrogen-bond acceptors (Lipinski definition) is 5. The van der Waals surface area contributed by atoms with Gasteiger partial charge in [-0.1, -0.05) is 12.1 Å². The number of nitrogens with zero attached hydrogens (tertiary/aromatic N) is 1. The summed E-state index contributed by atoms with van der Waals surface area (Å²) in [6.45, 7) is 0.637. The van der Waals surface area contributed by atoms with E-state index in [0.29, 0.717) is 34.9 Å². The van der Waals surface area contributed by atoms with Gasteiger partial charge in [-0.05, 0) is 30.8 Å². The van der Waals surface area contributed by atoms with Gasteiger partial charge in [-0.25, -0.2) is 0 Å². The zero-order chi connectivity index (χ0) is 22.3. The summed E-state index contributed by atoms with van der Waals surface area (Å²) >= 11 is 0. The second-order valence-electron chi connectivity index (χ2n) is 6.66. The highest BCUT2D eigenvalue weighted by atomic mass is 19.4. The Kier molecular flexibility index (Phi) is 7.93. The van der Waals surface area contributed by atoms with E-state index in [1.54, 1.807) is 24.1 Å². The fourth-order valence-corrected chi connectivity index (χ4v) is 2.89. The zero-order valence-electron chi connectivity index (χ0n) is 17.3. The van der Waals surface area contributed by atoms with Crippen molar-refractivity contribution in [3.8, 4) is 17.2 Å². The minimum Gasteiger partial charge on any atom is -0.496 e. The fraction of sp³-hybridized carbons (Fsp3) is 0.381. The molecule has 0 saturated carbocycles. The number of amides is 1. The number of carbonyl (C=O) groups is 1. The highest BCUT2D eigenvalue weighted by Crippen LogP contribution is 2.34. The lowest BCUT2D eigenvalue weighted by Crippen LogP contribution is -2.34. The molecule has 0 heterocycles. The van der Waals surface area contributed by atoms with E-state index in [0.717, 1.165) is 12.1 Å². The first-order valence-corrected chi connectivity index (χ1v) is 9.08. The first kappa shape index (κ1) is 23.3. The standard InChI is InChI=1S/C21H25F3N2O4/c1-26(12-14-5-7-16(8-6-14)21(22,23)24)13-20(27)25-11-15-9-18(29-3)19(30-4)10-17(15)28-2/h5-10H,11-13H2,1-4H3,(H,25,27). The SMILES string of the molecule is COc1cc(OC)c(OC)cc1CNC(=O)CN(C)Cc1ccc(C(F)(F)F)cc1. The van der Waals surface area contributed by atoms with Gasteiger partial charge in [-0.15, -0.1) is 0 Å². The Hall–Kier alpha value is -2.94. The molecule has 9 heteroatoms. The van der Waals surface area contributed by atoms with Crippen molar-refractivity contribution in [3.05, 3.63) is 53.1 Å². The van der Waals surface area contributed by atoms with Gasteiger partial charge in [0.05, 0.1) is 33.4 Å². The summed E-state index contributed by atoms with van der Waals surface area (Å²) in [5.41, 5.74) is 0.698.